The molecule has 0 fully saturated rings. The number of carboxylic acid groups (broad SMARTS) is 1. The Morgan fingerprint density at radius 2 is 1.91 bits per heavy atom. The first-order valence-corrected chi connectivity index (χ1v) is 6.17. The summed E-state index contributed by atoms with van der Waals surface area (Å²) in [6.45, 7) is 1.24. The number of hydrogen-bond donors (Lipinski definition) is 1. The number of alkyl halides is 3. The number of halogens is 5. The van der Waals surface area contributed by atoms with Crippen molar-refractivity contribution in [2.24, 2.45) is 0 Å². The van der Waals surface area contributed by atoms with Gasteiger partial charge in [0.1, 0.15) is 0 Å². The number of methoxy groups -OCH3 is 1. The zero-order valence-electron chi connectivity index (χ0n) is 12.0. The molecule has 23 heavy (non-hydrogen) atoms. The van der Waals surface area contributed by atoms with E-state index in [1.54, 1.807) is 0 Å². The Bertz CT molecular complexity index is 639. The maximum absolute atomic E-state index is 13.6. The van der Waals surface area contributed by atoms with Gasteiger partial charge < -0.3 is 19.7 Å². The van der Waals surface area contributed by atoms with Crippen LogP contribution >= 0.6 is 0 Å². The number of carbonyl (C=O) groups is 1. The van der Waals surface area contributed by atoms with Crippen LogP contribution in [0.5, 0.6) is 5.75 Å². The SMILES string of the molecule is C/C=C(/CC(O)(C(=O)[O-])C(F)(F)F)c1ccc(F)c(F)c1OC. The summed E-state index contributed by atoms with van der Waals surface area (Å²) in [4.78, 5) is 10.8. The van der Waals surface area contributed by atoms with Crippen molar-refractivity contribution in [3.8, 4) is 5.75 Å². The minimum absolute atomic E-state index is 0.321. The van der Waals surface area contributed by atoms with Crippen molar-refractivity contribution >= 4 is 11.5 Å². The van der Waals surface area contributed by atoms with Gasteiger partial charge in [-0.3, -0.25) is 0 Å². The van der Waals surface area contributed by atoms with Crippen molar-refractivity contribution in [1.82, 2.24) is 0 Å². The van der Waals surface area contributed by atoms with Gasteiger partial charge in [-0.25, -0.2) is 4.39 Å². The topological polar surface area (TPSA) is 69.6 Å². The molecule has 0 aromatic heterocycles. The predicted octanol–water partition coefficient (Wildman–Crippen LogP) is 1.81. The van der Waals surface area contributed by atoms with Crippen molar-refractivity contribution in [2.45, 2.75) is 25.1 Å². The van der Waals surface area contributed by atoms with E-state index in [9.17, 15) is 37.0 Å². The number of allylic oxidation sites excluding steroid dienone is 1. The minimum Gasteiger partial charge on any atom is -0.547 e. The second kappa shape index (κ2) is 6.53. The summed E-state index contributed by atoms with van der Waals surface area (Å²) in [5.41, 5.74) is -4.92. The highest BCUT2D eigenvalue weighted by atomic mass is 19.4. The van der Waals surface area contributed by atoms with Crippen LogP contribution in [0.15, 0.2) is 18.2 Å². The van der Waals surface area contributed by atoms with Crippen molar-refractivity contribution in [1.29, 1.82) is 0 Å². The van der Waals surface area contributed by atoms with E-state index in [1.807, 2.05) is 0 Å². The average molecular weight is 339 g/mol. The first-order valence-electron chi connectivity index (χ1n) is 6.17. The van der Waals surface area contributed by atoms with E-state index < -0.39 is 47.1 Å². The third kappa shape index (κ3) is 3.44. The molecule has 4 nitrogen and oxygen atoms in total. The summed E-state index contributed by atoms with van der Waals surface area (Å²) >= 11 is 0. The molecule has 0 amide bonds. The molecular formula is C14H12F5O4-. The van der Waals surface area contributed by atoms with Gasteiger partial charge >= 0.3 is 6.18 Å². The normalized spacial score (nSPS) is 15.2. The van der Waals surface area contributed by atoms with E-state index in [1.165, 1.54) is 6.92 Å². The Labute approximate surface area is 127 Å². The molecule has 0 radical (unpaired) electrons. The number of hydrogen-bond acceptors (Lipinski definition) is 4. The molecule has 0 aliphatic carbocycles. The average Bonchev–Trinajstić information content (AvgIpc) is 2.46. The number of ether oxygens (including phenoxy) is 1. The van der Waals surface area contributed by atoms with Crippen LogP contribution in [0.25, 0.3) is 5.57 Å². The molecule has 0 saturated carbocycles. The van der Waals surface area contributed by atoms with E-state index >= 15 is 0 Å². The van der Waals surface area contributed by atoms with Crippen LogP contribution in [0, 0.1) is 11.6 Å². The Morgan fingerprint density at radius 3 is 2.30 bits per heavy atom. The van der Waals surface area contributed by atoms with E-state index in [0.29, 0.717) is 6.07 Å². The van der Waals surface area contributed by atoms with E-state index in [2.05, 4.69) is 4.74 Å². The molecule has 1 N–H and O–H groups in total. The zero-order chi connectivity index (χ0) is 18.0. The zero-order valence-corrected chi connectivity index (χ0v) is 12.0. The third-order valence-corrected chi connectivity index (χ3v) is 3.20. The molecule has 1 aromatic rings. The molecule has 0 bridgehead atoms. The van der Waals surface area contributed by atoms with Gasteiger partial charge in [-0.15, -0.1) is 0 Å². The largest absolute Gasteiger partial charge is 0.547 e. The summed E-state index contributed by atoms with van der Waals surface area (Å²) in [6.07, 6.45) is -5.97. The third-order valence-electron chi connectivity index (χ3n) is 3.20. The monoisotopic (exact) mass is 339 g/mol. The van der Waals surface area contributed by atoms with Gasteiger partial charge in [-0.2, -0.15) is 17.6 Å². The lowest BCUT2D eigenvalue weighted by Crippen LogP contribution is -2.58. The standard InChI is InChI=1S/C14H13F5O4/c1-3-7(6-13(22,12(20)21)14(17,18)19)8-4-5-9(15)10(16)11(8)23-2/h3-5,22H,6H2,1-2H3,(H,20,21)/p-1/b7-3-. The molecule has 1 rings (SSSR count). The van der Waals surface area contributed by atoms with Gasteiger partial charge in [0.05, 0.1) is 13.1 Å². The van der Waals surface area contributed by atoms with Crippen LogP contribution in [0.3, 0.4) is 0 Å². The van der Waals surface area contributed by atoms with Crippen molar-refractivity contribution in [3.63, 3.8) is 0 Å². The molecule has 1 unspecified atom stereocenters. The summed E-state index contributed by atoms with van der Waals surface area (Å²) in [7, 11) is 0.962. The fourth-order valence-corrected chi connectivity index (χ4v) is 1.90. The summed E-state index contributed by atoms with van der Waals surface area (Å²) in [5.74, 6) is -6.22. The summed E-state index contributed by atoms with van der Waals surface area (Å²) < 4.78 is 69.9. The molecule has 1 aromatic carbocycles. The van der Waals surface area contributed by atoms with Gasteiger partial charge in [-0.05, 0) is 24.6 Å². The van der Waals surface area contributed by atoms with E-state index in [0.717, 1.165) is 19.3 Å². The van der Waals surface area contributed by atoms with E-state index in [4.69, 9.17) is 0 Å². The highest BCUT2D eigenvalue weighted by Crippen LogP contribution is 2.40. The summed E-state index contributed by atoms with van der Waals surface area (Å²) in [5, 5.41) is 20.2. The fourth-order valence-electron chi connectivity index (χ4n) is 1.90. The van der Waals surface area contributed by atoms with Gasteiger partial charge in [-0.1, -0.05) is 6.08 Å². The van der Waals surface area contributed by atoms with E-state index in [-0.39, 0.29) is 5.56 Å². The fraction of sp³-hybridized carbons (Fsp3) is 0.357. The number of rotatable bonds is 5. The molecule has 0 saturated heterocycles. The highest BCUT2D eigenvalue weighted by molar-refractivity contribution is 5.82. The minimum atomic E-state index is -5.54. The molecule has 1 atom stereocenters. The highest BCUT2D eigenvalue weighted by Gasteiger charge is 2.55. The van der Waals surface area contributed by atoms with Crippen molar-refractivity contribution < 1.29 is 41.7 Å². The lowest BCUT2D eigenvalue weighted by molar-refractivity contribution is -0.353. The predicted molar refractivity (Wildman–Crippen MR) is 67.2 cm³/mol. The smallest absolute Gasteiger partial charge is 0.422 e. The van der Waals surface area contributed by atoms with Crippen molar-refractivity contribution in [3.05, 3.63) is 35.4 Å². The van der Waals surface area contributed by atoms with Gasteiger partial charge in [0.15, 0.2) is 11.6 Å². The van der Waals surface area contributed by atoms with Crippen LogP contribution in [-0.2, 0) is 4.79 Å². The van der Waals surface area contributed by atoms with Gasteiger partial charge in [0, 0.05) is 12.0 Å². The number of carbonyl (C=O) groups excluding carboxylic acids is 1. The number of aliphatic hydroxyl groups is 1. The van der Waals surface area contributed by atoms with Crippen molar-refractivity contribution in [2.75, 3.05) is 7.11 Å². The molecular weight excluding hydrogens is 327 g/mol. The Hall–Kier alpha value is -2.16. The van der Waals surface area contributed by atoms with Gasteiger partial charge in [0.2, 0.25) is 11.4 Å². The maximum atomic E-state index is 13.6. The Kier molecular flexibility index (Phi) is 5.36. The number of aliphatic carboxylic acids is 1. The molecule has 0 aliphatic heterocycles. The first-order chi connectivity index (χ1) is 10.5. The maximum Gasteiger partial charge on any atom is 0.422 e. The lowest BCUT2D eigenvalue weighted by Gasteiger charge is -2.32. The van der Waals surface area contributed by atoms with Crippen LogP contribution in [-0.4, -0.2) is 30.0 Å². The molecule has 0 spiro atoms. The van der Waals surface area contributed by atoms with Crippen LogP contribution in [0.1, 0.15) is 18.9 Å². The first kappa shape index (κ1) is 18.9. The quantitative estimate of drug-likeness (QED) is 0.831. The molecule has 128 valence electrons. The molecule has 9 heteroatoms. The molecule has 0 aliphatic rings. The van der Waals surface area contributed by atoms with Crippen LogP contribution in [0.4, 0.5) is 22.0 Å². The Balaban J connectivity index is 3.42. The second-order valence-corrected chi connectivity index (χ2v) is 4.58. The summed E-state index contributed by atoms with van der Waals surface area (Å²) in [6, 6.07) is 1.56. The Morgan fingerprint density at radius 1 is 1.35 bits per heavy atom. The van der Waals surface area contributed by atoms with Gasteiger partial charge in [0.25, 0.3) is 0 Å². The molecule has 0 heterocycles. The second-order valence-electron chi connectivity index (χ2n) is 4.58. The van der Waals surface area contributed by atoms with Crippen LogP contribution < -0.4 is 9.84 Å². The van der Waals surface area contributed by atoms with Crippen LogP contribution in [0.2, 0.25) is 0 Å². The number of benzene rings is 1. The number of carboxylic acids is 1. The lowest BCUT2D eigenvalue weighted by atomic mass is 9.89.